The zero-order chi connectivity index (χ0) is 16.8. The zero-order valence-electron chi connectivity index (χ0n) is 12.5. The number of H-pyrrole nitrogens is 1. The maximum Gasteiger partial charge on any atom is 0.353 e. The SMILES string of the molecule is COc1cc(/C=N/Nc2nn[nH]n2)ccc1OC(=O)c1cccs1. The number of aromatic amines is 1. The number of ether oxygens (including phenoxy) is 2. The molecule has 1 aromatic carbocycles. The molecule has 0 bridgehead atoms. The van der Waals surface area contributed by atoms with Gasteiger partial charge in [0.25, 0.3) is 5.95 Å². The molecule has 0 spiro atoms. The minimum Gasteiger partial charge on any atom is -0.493 e. The van der Waals surface area contributed by atoms with Crippen LogP contribution < -0.4 is 14.9 Å². The lowest BCUT2D eigenvalue weighted by atomic mass is 10.2. The fourth-order valence-corrected chi connectivity index (χ4v) is 2.37. The number of nitrogens with zero attached hydrogens (tertiary/aromatic N) is 4. The normalized spacial score (nSPS) is 10.7. The van der Waals surface area contributed by atoms with Crippen molar-refractivity contribution in [1.29, 1.82) is 0 Å². The number of anilines is 1. The first-order valence-corrected chi connectivity index (χ1v) is 7.60. The second kappa shape index (κ2) is 7.33. The van der Waals surface area contributed by atoms with E-state index in [1.54, 1.807) is 36.5 Å². The minimum atomic E-state index is -0.427. The van der Waals surface area contributed by atoms with Gasteiger partial charge >= 0.3 is 5.97 Å². The molecular weight excluding hydrogens is 332 g/mol. The highest BCUT2D eigenvalue weighted by Gasteiger charge is 2.13. The number of tetrazole rings is 1. The van der Waals surface area contributed by atoms with Gasteiger partial charge in [0.05, 0.1) is 13.3 Å². The Morgan fingerprint density at radius 2 is 2.29 bits per heavy atom. The monoisotopic (exact) mass is 344 g/mol. The smallest absolute Gasteiger partial charge is 0.353 e. The number of benzene rings is 1. The summed E-state index contributed by atoms with van der Waals surface area (Å²) in [7, 11) is 1.50. The highest BCUT2D eigenvalue weighted by atomic mass is 32.1. The summed E-state index contributed by atoms with van der Waals surface area (Å²) in [5.74, 6) is 0.575. The number of carbonyl (C=O) groups excluding carboxylic acids is 1. The van der Waals surface area contributed by atoms with Crippen LogP contribution in [0, 0.1) is 0 Å². The van der Waals surface area contributed by atoms with Crippen molar-refractivity contribution in [1.82, 2.24) is 20.6 Å². The van der Waals surface area contributed by atoms with Crippen molar-refractivity contribution in [2.24, 2.45) is 5.10 Å². The fourth-order valence-electron chi connectivity index (χ4n) is 1.77. The molecule has 0 aliphatic rings. The fraction of sp³-hybridized carbons (Fsp3) is 0.0714. The summed E-state index contributed by atoms with van der Waals surface area (Å²) in [6.45, 7) is 0. The van der Waals surface area contributed by atoms with Crippen molar-refractivity contribution in [3.63, 3.8) is 0 Å². The first-order valence-electron chi connectivity index (χ1n) is 6.72. The molecule has 0 fully saturated rings. The van der Waals surface area contributed by atoms with Crippen LogP contribution in [-0.4, -0.2) is 39.9 Å². The van der Waals surface area contributed by atoms with Gasteiger partial charge in [0.2, 0.25) is 0 Å². The Hall–Kier alpha value is -3.27. The van der Waals surface area contributed by atoms with Gasteiger partial charge in [-0.25, -0.2) is 10.2 Å². The Kier molecular flexibility index (Phi) is 4.77. The second-order valence-corrected chi connectivity index (χ2v) is 5.33. The van der Waals surface area contributed by atoms with Crippen LogP contribution in [0.2, 0.25) is 0 Å². The minimum absolute atomic E-state index is 0.250. The summed E-state index contributed by atoms with van der Waals surface area (Å²) in [5, 5.41) is 18.9. The van der Waals surface area contributed by atoms with Crippen molar-refractivity contribution in [2.45, 2.75) is 0 Å². The summed E-state index contributed by atoms with van der Waals surface area (Å²) in [5.41, 5.74) is 3.34. The molecule has 10 heteroatoms. The Labute approximate surface area is 140 Å². The molecule has 2 N–H and O–H groups in total. The average molecular weight is 344 g/mol. The maximum absolute atomic E-state index is 12.0. The number of aromatic nitrogens is 4. The predicted molar refractivity (Wildman–Crippen MR) is 87.7 cm³/mol. The summed E-state index contributed by atoms with van der Waals surface area (Å²) in [6, 6.07) is 8.55. The lowest BCUT2D eigenvalue weighted by molar-refractivity contribution is 0.0735. The van der Waals surface area contributed by atoms with Gasteiger partial charge in [-0.3, -0.25) is 0 Å². The van der Waals surface area contributed by atoms with E-state index >= 15 is 0 Å². The van der Waals surface area contributed by atoms with E-state index in [9.17, 15) is 4.79 Å². The van der Waals surface area contributed by atoms with E-state index in [1.807, 2.05) is 5.38 Å². The molecule has 24 heavy (non-hydrogen) atoms. The van der Waals surface area contributed by atoms with Crippen LogP contribution >= 0.6 is 11.3 Å². The van der Waals surface area contributed by atoms with Gasteiger partial charge in [-0.2, -0.15) is 10.3 Å². The van der Waals surface area contributed by atoms with Gasteiger partial charge in [-0.15, -0.1) is 16.4 Å². The Balaban J connectivity index is 1.70. The number of thiophene rings is 1. The van der Waals surface area contributed by atoms with Crippen molar-refractivity contribution >= 4 is 29.5 Å². The van der Waals surface area contributed by atoms with Gasteiger partial charge in [0.1, 0.15) is 4.88 Å². The number of methoxy groups -OCH3 is 1. The third-order valence-electron chi connectivity index (χ3n) is 2.84. The zero-order valence-corrected chi connectivity index (χ0v) is 13.3. The number of hydrazone groups is 1. The molecule has 2 aromatic heterocycles. The molecule has 0 radical (unpaired) electrons. The summed E-state index contributed by atoms with van der Waals surface area (Å²) in [6.07, 6.45) is 1.55. The molecule has 2 heterocycles. The summed E-state index contributed by atoms with van der Waals surface area (Å²) >= 11 is 1.31. The Morgan fingerprint density at radius 1 is 1.38 bits per heavy atom. The Morgan fingerprint density at radius 3 is 3.00 bits per heavy atom. The van der Waals surface area contributed by atoms with E-state index in [0.29, 0.717) is 16.4 Å². The molecule has 0 saturated heterocycles. The molecule has 0 saturated carbocycles. The van der Waals surface area contributed by atoms with E-state index in [2.05, 4.69) is 31.2 Å². The third-order valence-corrected chi connectivity index (χ3v) is 3.69. The molecule has 0 aliphatic heterocycles. The molecule has 0 unspecified atom stereocenters. The Bertz CT molecular complexity index is 832. The predicted octanol–water partition coefficient (Wildman–Crippen LogP) is 1.93. The average Bonchev–Trinajstić information content (AvgIpc) is 3.29. The van der Waals surface area contributed by atoms with Crippen LogP contribution in [-0.2, 0) is 0 Å². The van der Waals surface area contributed by atoms with Crippen LogP contribution in [0.1, 0.15) is 15.2 Å². The van der Waals surface area contributed by atoms with Crippen LogP contribution in [0.25, 0.3) is 0 Å². The van der Waals surface area contributed by atoms with Crippen molar-refractivity contribution in [3.05, 3.63) is 46.2 Å². The largest absolute Gasteiger partial charge is 0.493 e. The molecule has 0 amide bonds. The quantitative estimate of drug-likeness (QED) is 0.304. The van der Waals surface area contributed by atoms with Crippen molar-refractivity contribution in [3.8, 4) is 11.5 Å². The first kappa shape index (κ1) is 15.6. The van der Waals surface area contributed by atoms with E-state index < -0.39 is 5.97 Å². The van der Waals surface area contributed by atoms with Gasteiger partial charge in [0.15, 0.2) is 11.5 Å². The first-order chi connectivity index (χ1) is 11.8. The lowest BCUT2D eigenvalue weighted by Gasteiger charge is -2.09. The van der Waals surface area contributed by atoms with Gasteiger partial charge in [-0.1, -0.05) is 11.2 Å². The van der Waals surface area contributed by atoms with Crippen molar-refractivity contribution < 1.29 is 14.3 Å². The van der Waals surface area contributed by atoms with Crippen LogP contribution in [0.4, 0.5) is 5.95 Å². The lowest BCUT2D eigenvalue weighted by Crippen LogP contribution is -2.07. The molecular formula is C14H12N6O3S. The topological polar surface area (TPSA) is 114 Å². The van der Waals surface area contributed by atoms with Gasteiger partial charge < -0.3 is 9.47 Å². The van der Waals surface area contributed by atoms with Crippen LogP contribution in [0.5, 0.6) is 11.5 Å². The molecule has 0 aliphatic carbocycles. The number of hydrogen-bond acceptors (Lipinski definition) is 9. The maximum atomic E-state index is 12.0. The van der Waals surface area contributed by atoms with Crippen LogP contribution in [0.3, 0.4) is 0 Å². The number of hydrogen-bond donors (Lipinski definition) is 2. The van der Waals surface area contributed by atoms with Gasteiger partial charge in [-0.05, 0) is 40.4 Å². The summed E-state index contributed by atoms with van der Waals surface area (Å²) < 4.78 is 10.6. The highest BCUT2D eigenvalue weighted by Crippen LogP contribution is 2.28. The number of rotatable bonds is 6. The van der Waals surface area contributed by atoms with E-state index in [0.717, 1.165) is 5.56 Å². The van der Waals surface area contributed by atoms with Gasteiger partial charge in [0, 0.05) is 0 Å². The number of carbonyl (C=O) groups is 1. The second-order valence-electron chi connectivity index (χ2n) is 4.38. The van der Waals surface area contributed by atoms with E-state index in [4.69, 9.17) is 9.47 Å². The molecule has 3 rings (SSSR count). The standard InChI is InChI=1S/C14H12N6O3S/c1-22-11-7-9(8-15-16-14-17-19-20-18-14)4-5-10(11)23-13(21)12-3-2-6-24-12/h2-8H,1H3,(H2,16,17,18,19,20)/b15-8+. The van der Waals surface area contributed by atoms with Crippen molar-refractivity contribution in [2.75, 3.05) is 12.5 Å². The highest BCUT2D eigenvalue weighted by molar-refractivity contribution is 7.12. The van der Waals surface area contributed by atoms with Crippen LogP contribution in [0.15, 0.2) is 40.8 Å². The summed E-state index contributed by atoms with van der Waals surface area (Å²) in [4.78, 5) is 12.5. The molecule has 9 nitrogen and oxygen atoms in total. The van der Waals surface area contributed by atoms with E-state index in [-0.39, 0.29) is 5.95 Å². The number of esters is 1. The molecule has 122 valence electrons. The molecule has 3 aromatic rings. The van der Waals surface area contributed by atoms with E-state index in [1.165, 1.54) is 18.4 Å². The third kappa shape index (κ3) is 3.73. The molecule has 0 atom stereocenters. The number of nitrogens with one attached hydrogen (secondary N) is 2.